The lowest BCUT2D eigenvalue weighted by molar-refractivity contribution is 0.242. The van der Waals surface area contributed by atoms with Gasteiger partial charge in [-0.3, -0.25) is 0 Å². The van der Waals surface area contributed by atoms with Crippen LogP contribution in [0.25, 0.3) is 22.8 Å². The van der Waals surface area contributed by atoms with Gasteiger partial charge in [-0.1, -0.05) is 34.8 Å². The molecule has 10 nitrogen and oxygen atoms in total. The summed E-state index contributed by atoms with van der Waals surface area (Å²) in [5.74, 6) is 2.79. The number of hydrogen-bond donors (Lipinski definition) is 2. The molecule has 13 heteroatoms. The maximum atomic E-state index is 6.29. The normalized spacial score (nSPS) is 10.8. The number of ether oxygens (including phenoxy) is 2. The van der Waals surface area contributed by atoms with Gasteiger partial charge in [0.2, 0.25) is 0 Å². The first-order valence-corrected chi connectivity index (χ1v) is 18.2. The number of halogens is 3. The van der Waals surface area contributed by atoms with E-state index >= 15 is 0 Å². The summed E-state index contributed by atoms with van der Waals surface area (Å²) in [5, 5.41) is 8.01. The molecule has 4 aromatic heterocycles. The van der Waals surface area contributed by atoms with Crippen molar-refractivity contribution in [2.45, 2.75) is 66.8 Å². The molecule has 0 spiro atoms. The molecule has 0 unspecified atom stereocenters. The van der Waals surface area contributed by atoms with E-state index in [4.69, 9.17) is 44.3 Å². The first-order valence-electron chi connectivity index (χ1n) is 17.0. The van der Waals surface area contributed by atoms with Crippen molar-refractivity contribution in [1.82, 2.24) is 29.9 Å². The van der Waals surface area contributed by atoms with Gasteiger partial charge in [-0.15, -0.1) is 0 Å². The molecule has 2 aromatic carbocycles. The Labute approximate surface area is 325 Å². The molecule has 0 aliphatic rings. The highest BCUT2D eigenvalue weighted by atomic mass is 35.5. The quantitative estimate of drug-likeness (QED) is 0.116. The van der Waals surface area contributed by atoms with Crippen molar-refractivity contribution in [2.24, 2.45) is 0 Å². The van der Waals surface area contributed by atoms with Gasteiger partial charge in [0.1, 0.15) is 16.7 Å². The van der Waals surface area contributed by atoms with Gasteiger partial charge in [0.15, 0.2) is 16.8 Å². The Bertz CT molecular complexity index is 2080. The number of nitrogens with zero attached hydrogens (tertiary/aromatic N) is 6. The fraction of sp³-hybridized carbons (Fsp3) is 0.250. The second kappa shape index (κ2) is 18.6. The Morgan fingerprint density at radius 1 is 0.604 bits per heavy atom. The highest BCUT2D eigenvalue weighted by Gasteiger charge is 2.09. The third-order valence-corrected chi connectivity index (χ3v) is 8.11. The summed E-state index contributed by atoms with van der Waals surface area (Å²) in [5.41, 5.74) is 7.15. The SMILES string of the molecule is Cc1cc(NCc2cnc(-c3ccc(OC(C)C)c(Cl)c3)nc2)cc(Cl)n1.Cc1ccc(NCc2cnc(-c3ccc(OC(C)C)cc3)nc2)c(Cl)n1. The number of pyridine rings is 2. The van der Waals surface area contributed by atoms with Crippen LogP contribution >= 0.6 is 34.8 Å². The molecule has 0 bridgehead atoms. The first-order chi connectivity index (χ1) is 25.4. The maximum absolute atomic E-state index is 6.29. The van der Waals surface area contributed by atoms with Crippen LogP contribution in [0.1, 0.15) is 50.2 Å². The molecule has 0 saturated carbocycles. The Morgan fingerprint density at radius 2 is 1.19 bits per heavy atom. The lowest BCUT2D eigenvalue weighted by Crippen LogP contribution is -2.06. The first kappa shape index (κ1) is 39.2. The van der Waals surface area contributed by atoms with Crippen LogP contribution in [-0.4, -0.2) is 42.1 Å². The third-order valence-electron chi connectivity index (χ3n) is 7.34. The molecular weight excluding hydrogens is 731 g/mol. The standard InChI is InChI=1S/C20H20Cl2N4O.C20H21ClN4O/c1-12(2)27-18-5-4-15(7-17(18)21)20-24-10-14(11-25-20)9-23-16-6-13(3)26-19(22)8-16;1-13(2)26-17-7-5-16(6-8-17)20-23-11-15(12-24-20)10-22-18-9-4-14(3)25-19(18)21/h4-8,10-12H,9H2,1-3H3,(H,23,26);4-9,11-13,22H,10H2,1-3H3. The van der Waals surface area contributed by atoms with Gasteiger partial charge in [0.25, 0.3) is 0 Å². The van der Waals surface area contributed by atoms with Crippen molar-refractivity contribution in [3.05, 3.63) is 129 Å². The molecule has 0 aliphatic carbocycles. The summed E-state index contributed by atoms with van der Waals surface area (Å²) >= 11 is 18.4. The van der Waals surface area contributed by atoms with E-state index in [1.54, 1.807) is 18.5 Å². The fourth-order valence-corrected chi connectivity index (χ4v) is 5.66. The zero-order valence-corrected chi connectivity index (χ0v) is 32.6. The van der Waals surface area contributed by atoms with Crippen molar-refractivity contribution >= 4 is 46.2 Å². The van der Waals surface area contributed by atoms with Gasteiger partial charge < -0.3 is 20.1 Å². The Kier molecular flexibility index (Phi) is 13.8. The summed E-state index contributed by atoms with van der Waals surface area (Å²) in [7, 11) is 0. The van der Waals surface area contributed by atoms with Gasteiger partial charge >= 0.3 is 0 Å². The zero-order valence-electron chi connectivity index (χ0n) is 30.4. The van der Waals surface area contributed by atoms with E-state index < -0.39 is 0 Å². The molecule has 274 valence electrons. The summed E-state index contributed by atoms with van der Waals surface area (Å²) < 4.78 is 11.3. The number of anilines is 2. The molecule has 0 saturated heterocycles. The second-order valence-electron chi connectivity index (χ2n) is 12.7. The molecule has 4 heterocycles. The minimum Gasteiger partial charge on any atom is -0.491 e. The van der Waals surface area contributed by atoms with E-state index in [0.717, 1.165) is 50.8 Å². The highest BCUT2D eigenvalue weighted by Crippen LogP contribution is 2.30. The van der Waals surface area contributed by atoms with Crippen molar-refractivity contribution in [3.8, 4) is 34.3 Å². The number of hydrogen-bond acceptors (Lipinski definition) is 10. The van der Waals surface area contributed by atoms with Crippen LogP contribution in [0.2, 0.25) is 15.3 Å². The van der Waals surface area contributed by atoms with Gasteiger partial charge in [-0.05, 0) is 108 Å². The minimum atomic E-state index is 0.0652. The smallest absolute Gasteiger partial charge is 0.159 e. The van der Waals surface area contributed by atoms with Crippen molar-refractivity contribution in [3.63, 3.8) is 0 Å². The van der Waals surface area contributed by atoms with Crippen LogP contribution in [0.3, 0.4) is 0 Å². The molecular formula is C40H41Cl3N8O2. The third kappa shape index (κ3) is 12.0. The molecule has 0 fully saturated rings. The molecule has 6 aromatic rings. The van der Waals surface area contributed by atoms with Crippen LogP contribution in [0.5, 0.6) is 11.5 Å². The van der Waals surface area contributed by atoms with E-state index in [-0.39, 0.29) is 12.2 Å². The highest BCUT2D eigenvalue weighted by molar-refractivity contribution is 6.32. The van der Waals surface area contributed by atoms with Gasteiger partial charge in [0, 0.05) is 77.2 Å². The van der Waals surface area contributed by atoms with Gasteiger partial charge in [0.05, 0.1) is 22.9 Å². The Hall–Kier alpha value is -5.03. The fourth-order valence-electron chi connectivity index (χ4n) is 4.92. The van der Waals surface area contributed by atoms with E-state index in [0.29, 0.717) is 45.8 Å². The molecule has 2 N–H and O–H groups in total. The summed E-state index contributed by atoms with van der Waals surface area (Å²) in [6.07, 6.45) is 7.42. The van der Waals surface area contributed by atoms with Crippen LogP contribution in [0.4, 0.5) is 11.4 Å². The molecule has 0 radical (unpaired) electrons. The zero-order chi connectivity index (χ0) is 37.9. The average Bonchev–Trinajstić information content (AvgIpc) is 3.12. The van der Waals surface area contributed by atoms with Crippen molar-refractivity contribution in [2.75, 3.05) is 10.6 Å². The molecule has 0 aliphatic heterocycles. The van der Waals surface area contributed by atoms with Gasteiger partial charge in [-0.2, -0.15) is 0 Å². The second-order valence-corrected chi connectivity index (χ2v) is 13.8. The number of nitrogens with one attached hydrogen (secondary N) is 2. The number of benzene rings is 2. The van der Waals surface area contributed by atoms with E-state index in [9.17, 15) is 0 Å². The van der Waals surface area contributed by atoms with E-state index in [1.165, 1.54) is 0 Å². The van der Waals surface area contributed by atoms with E-state index in [1.807, 2.05) is 115 Å². The average molecular weight is 772 g/mol. The van der Waals surface area contributed by atoms with Crippen molar-refractivity contribution in [1.29, 1.82) is 0 Å². The lowest BCUT2D eigenvalue weighted by atomic mass is 10.2. The molecule has 0 atom stereocenters. The number of aryl methyl sites for hydroxylation is 2. The van der Waals surface area contributed by atoms with Gasteiger partial charge in [-0.25, -0.2) is 29.9 Å². The Balaban J connectivity index is 0.000000204. The Morgan fingerprint density at radius 3 is 1.75 bits per heavy atom. The maximum Gasteiger partial charge on any atom is 0.159 e. The van der Waals surface area contributed by atoms with Crippen LogP contribution < -0.4 is 20.1 Å². The topological polar surface area (TPSA) is 120 Å². The molecule has 53 heavy (non-hydrogen) atoms. The lowest BCUT2D eigenvalue weighted by Gasteiger charge is -2.12. The monoisotopic (exact) mass is 770 g/mol. The number of rotatable bonds is 12. The van der Waals surface area contributed by atoms with Crippen LogP contribution in [-0.2, 0) is 13.1 Å². The molecule has 0 amide bonds. The van der Waals surface area contributed by atoms with Crippen LogP contribution in [0, 0.1) is 13.8 Å². The van der Waals surface area contributed by atoms with Crippen LogP contribution in [0.15, 0.2) is 91.5 Å². The van der Waals surface area contributed by atoms with E-state index in [2.05, 4.69) is 40.5 Å². The summed E-state index contributed by atoms with van der Waals surface area (Å²) in [6.45, 7) is 12.9. The summed E-state index contributed by atoms with van der Waals surface area (Å²) in [4.78, 5) is 26.1. The molecule has 6 rings (SSSR count). The minimum absolute atomic E-state index is 0.0652. The predicted molar refractivity (Wildman–Crippen MR) is 214 cm³/mol. The number of aromatic nitrogens is 6. The van der Waals surface area contributed by atoms with Crippen molar-refractivity contribution < 1.29 is 9.47 Å². The predicted octanol–water partition coefficient (Wildman–Crippen LogP) is 10.5. The largest absolute Gasteiger partial charge is 0.491 e. The summed E-state index contributed by atoms with van der Waals surface area (Å²) in [6, 6.07) is 20.9.